The Balaban J connectivity index is 1.57. The molecule has 0 unspecified atom stereocenters. The van der Waals surface area contributed by atoms with Gasteiger partial charge in [0.2, 0.25) is 5.16 Å². The smallest absolute Gasteiger partial charge is 0.262 e. The first-order chi connectivity index (χ1) is 13.2. The maximum atomic E-state index is 14.2. The summed E-state index contributed by atoms with van der Waals surface area (Å²) in [5.74, 6) is 0.987. The van der Waals surface area contributed by atoms with E-state index < -0.39 is 0 Å². The maximum Gasteiger partial charge on any atom is 0.262 e. The second-order valence-corrected chi connectivity index (χ2v) is 6.92. The molecule has 0 atom stereocenters. The predicted octanol–water partition coefficient (Wildman–Crippen LogP) is 2.77. The van der Waals surface area contributed by atoms with E-state index in [4.69, 9.17) is 4.74 Å². The molecule has 3 heterocycles. The van der Waals surface area contributed by atoms with Gasteiger partial charge in [0, 0.05) is 11.3 Å². The van der Waals surface area contributed by atoms with Crippen molar-refractivity contribution in [1.82, 2.24) is 14.9 Å². The van der Waals surface area contributed by atoms with Gasteiger partial charge in [-0.05, 0) is 30.3 Å². The number of ether oxygens (including phenoxy) is 1. The first-order valence-electron chi connectivity index (χ1n) is 8.17. The zero-order valence-electron chi connectivity index (χ0n) is 13.8. The number of hydrogen-bond acceptors (Lipinski definition) is 6. The van der Waals surface area contributed by atoms with Crippen molar-refractivity contribution in [3.8, 4) is 17.1 Å². The molecule has 2 aliphatic rings. The molecule has 27 heavy (non-hydrogen) atoms. The first-order valence-corrected chi connectivity index (χ1v) is 9.15. The Morgan fingerprint density at radius 2 is 2.07 bits per heavy atom. The van der Waals surface area contributed by atoms with Crippen LogP contribution in [0.4, 0.5) is 10.1 Å². The third-order valence-corrected chi connectivity index (χ3v) is 5.16. The van der Waals surface area contributed by atoms with Crippen LogP contribution in [0.1, 0.15) is 5.56 Å². The van der Waals surface area contributed by atoms with E-state index in [-0.39, 0.29) is 18.3 Å². The molecule has 0 fully saturated rings. The highest BCUT2D eigenvalue weighted by molar-refractivity contribution is 7.99. The molecule has 0 bridgehead atoms. The third kappa shape index (κ3) is 2.76. The normalized spacial score (nSPS) is 15.3. The number of benzene rings is 2. The van der Waals surface area contributed by atoms with Crippen molar-refractivity contribution in [3.63, 3.8) is 0 Å². The van der Waals surface area contributed by atoms with Crippen LogP contribution < -0.4 is 10.1 Å². The molecule has 1 N–H and O–H groups in total. The Kier molecular flexibility index (Phi) is 3.68. The van der Waals surface area contributed by atoms with Gasteiger partial charge in [0.15, 0.2) is 12.4 Å². The minimum atomic E-state index is -0.381. The lowest BCUT2D eigenvalue weighted by Gasteiger charge is -2.20. The topological polar surface area (TPSA) is 81.4 Å². The van der Waals surface area contributed by atoms with Crippen molar-refractivity contribution >= 4 is 29.1 Å². The number of fused-ring (bicyclic) bond motifs is 2. The summed E-state index contributed by atoms with van der Waals surface area (Å²) < 4.78 is 21.1. The Morgan fingerprint density at radius 1 is 1.19 bits per heavy atom. The second-order valence-electron chi connectivity index (χ2n) is 5.98. The lowest BCUT2D eigenvalue weighted by atomic mass is 10.1. The number of carbonyl (C=O) groups is 1. The second kappa shape index (κ2) is 6.20. The van der Waals surface area contributed by atoms with Crippen LogP contribution in [-0.4, -0.2) is 38.9 Å². The summed E-state index contributed by atoms with van der Waals surface area (Å²) in [7, 11) is 0. The van der Waals surface area contributed by atoms with Gasteiger partial charge in [0.05, 0.1) is 17.0 Å². The SMILES string of the molecule is O=C1COc2ccc(C3=Nn4c(nnc4-c4ccccc4F)SC3)cc2N1. The van der Waals surface area contributed by atoms with Crippen LogP contribution in [0.5, 0.6) is 5.75 Å². The number of amides is 1. The van der Waals surface area contributed by atoms with E-state index in [1.54, 1.807) is 28.9 Å². The Hall–Kier alpha value is -3.20. The van der Waals surface area contributed by atoms with Crippen LogP contribution in [0.2, 0.25) is 0 Å². The third-order valence-electron chi connectivity index (χ3n) is 4.23. The summed E-state index contributed by atoms with van der Waals surface area (Å²) in [5, 5.41) is 16.2. The van der Waals surface area contributed by atoms with Crippen LogP contribution >= 0.6 is 11.8 Å². The molecule has 3 aromatic rings. The van der Waals surface area contributed by atoms with Gasteiger partial charge in [-0.2, -0.15) is 9.78 Å². The largest absolute Gasteiger partial charge is 0.482 e. The molecular weight excluding hydrogens is 369 g/mol. The fraction of sp³-hybridized carbons (Fsp3) is 0.111. The summed E-state index contributed by atoms with van der Waals surface area (Å²) in [6.45, 7) is 0.0131. The summed E-state index contributed by atoms with van der Waals surface area (Å²) in [4.78, 5) is 11.5. The number of hydrogen-bond donors (Lipinski definition) is 1. The van der Waals surface area contributed by atoms with Crippen LogP contribution in [0.25, 0.3) is 11.4 Å². The molecular formula is C18H12FN5O2S. The molecule has 0 spiro atoms. The van der Waals surface area contributed by atoms with E-state index >= 15 is 0 Å². The van der Waals surface area contributed by atoms with E-state index in [0.717, 1.165) is 11.3 Å². The van der Waals surface area contributed by atoms with Gasteiger partial charge in [-0.15, -0.1) is 10.2 Å². The van der Waals surface area contributed by atoms with E-state index in [1.807, 2.05) is 12.1 Å². The van der Waals surface area contributed by atoms with Crippen molar-refractivity contribution in [2.24, 2.45) is 5.10 Å². The summed E-state index contributed by atoms with van der Waals surface area (Å²) >= 11 is 1.47. The lowest BCUT2D eigenvalue weighted by molar-refractivity contribution is -0.118. The van der Waals surface area contributed by atoms with Crippen molar-refractivity contribution in [2.75, 3.05) is 17.7 Å². The van der Waals surface area contributed by atoms with E-state index in [2.05, 4.69) is 20.6 Å². The van der Waals surface area contributed by atoms with Gasteiger partial charge < -0.3 is 10.1 Å². The van der Waals surface area contributed by atoms with Crippen molar-refractivity contribution in [3.05, 3.63) is 53.8 Å². The molecule has 7 nitrogen and oxygen atoms in total. The van der Waals surface area contributed by atoms with Gasteiger partial charge in [0.25, 0.3) is 5.91 Å². The van der Waals surface area contributed by atoms with Crippen molar-refractivity contribution < 1.29 is 13.9 Å². The van der Waals surface area contributed by atoms with Crippen molar-refractivity contribution in [1.29, 1.82) is 0 Å². The molecule has 0 radical (unpaired) electrons. The quantitative estimate of drug-likeness (QED) is 0.738. The number of rotatable bonds is 2. The van der Waals surface area contributed by atoms with Crippen LogP contribution in [-0.2, 0) is 4.79 Å². The van der Waals surface area contributed by atoms with Gasteiger partial charge in [-0.3, -0.25) is 4.79 Å². The Labute approximate surface area is 157 Å². The highest BCUT2D eigenvalue weighted by atomic mass is 32.2. The molecule has 1 aromatic heterocycles. The summed E-state index contributed by atoms with van der Waals surface area (Å²) in [6, 6.07) is 11.9. The van der Waals surface area contributed by atoms with Gasteiger partial charge in [-0.1, -0.05) is 23.9 Å². The number of anilines is 1. The highest BCUT2D eigenvalue weighted by Crippen LogP contribution is 2.32. The highest BCUT2D eigenvalue weighted by Gasteiger charge is 2.23. The number of carbonyl (C=O) groups excluding carboxylic acids is 1. The van der Waals surface area contributed by atoms with Gasteiger partial charge in [-0.25, -0.2) is 4.39 Å². The fourth-order valence-corrected chi connectivity index (χ4v) is 3.78. The number of thioether (sulfide) groups is 1. The minimum Gasteiger partial charge on any atom is -0.482 e. The van der Waals surface area contributed by atoms with Crippen LogP contribution in [0.3, 0.4) is 0 Å². The molecule has 1 amide bonds. The minimum absolute atomic E-state index is 0.0131. The molecule has 5 rings (SSSR count). The zero-order chi connectivity index (χ0) is 18.4. The predicted molar refractivity (Wildman–Crippen MR) is 98.6 cm³/mol. The molecule has 0 saturated carbocycles. The average molecular weight is 381 g/mol. The molecule has 2 aliphatic heterocycles. The Morgan fingerprint density at radius 3 is 2.96 bits per heavy atom. The maximum absolute atomic E-state index is 14.2. The standard InChI is InChI=1S/C18H12FN5O2S/c19-12-4-2-1-3-11(12)17-21-22-18-24(17)23-14(9-27-18)10-5-6-15-13(7-10)20-16(25)8-26-15/h1-7H,8-9H2,(H,20,25). The van der Waals surface area contributed by atoms with Crippen molar-refractivity contribution in [2.45, 2.75) is 5.16 Å². The van der Waals surface area contributed by atoms with E-state index in [0.29, 0.717) is 33.7 Å². The molecule has 134 valence electrons. The first kappa shape index (κ1) is 16.0. The number of aromatic nitrogens is 3. The van der Waals surface area contributed by atoms with Crippen LogP contribution in [0, 0.1) is 5.82 Å². The van der Waals surface area contributed by atoms with Crippen LogP contribution in [0.15, 0.2) is 52.7 Å². The van der Waals surface area contributed by atoms with Gasteiger partial charge >= 0.3 is 0 Å². The van der Waals surface area contributed by atoms with E-state index in [9.17, 15) is 9.18 Å². The summed E-state index contributed by atoms with van der Waals surface area (Å²) in [5.41, 5.74) is 2.56. The lowest BCUT2D eigenvalue weighted by Crippen LogP contribution is -2.25. The molecule has 0 saturated heterocycles. The summed E-state index contributed by atoms with van der Waals surface area (Å²) in [6.07, 6.45) is 0. The molecule has 9 heteroatoms. The number of nitrogens with zero attached hydrogens (tertiary/aromatic N) is 4. The van der Waals surface area contributed by atoms with E-state index in [1.165, 1.54) is 17.8 Å². The van der Waals surface area contributed by atoms with Gasteiger partial charge in [0.1, 0.15) is 11.6 Å². The zero-order valence-corrected chi connectivity index (χ0v) is 14.7. The monoisotopic (exact) mass is 381 g/mol. The molecule has 0 aliphatic carbocycles. The fourth-order valence-electron chi connectivity index (χ4n) is 2.94. The number of halogens is 1. The Bertz CT molecular complexity index is 1110. The average Bonchev–Trinajstić information content (AvgIpc) is 3.11. The molecule has 2 aromatic carbocycles. The number of nitrogens with one attached hydrogen (secondary N) is 1.